The summed E-state index contributed by atoms with van der Waals surface area (Å²) in [6.45, 7) is 6.03. The molecular formula is C22H23ClF3N3O2. The van der Waals surface area contributed by atoms with E-state index in [1.54, 1.807) is 18.2 Å². The summed E-state index contributed by atoms with van der Waals surface area (Å²) < 4.78 is 42.1. The predicted molar refractivity (Wildman–Crippen MR) is 113 cm³/mol. The summed E-state index contributed by atoms with van der Waals surface area (Å²) in [4.78, 5) is 28.5. The minimum absolute atomic E-state index is 0.0469. The van der Waals surface area contributed by atoms with Crippen LogP contribution in [0.5, 0.6) is 0 Å². The van der Waals surface area contributed by atoms with Crippen molar-refractivity contribution in [3.05, 3.63) is 63.7 Å². The van der Waals surface area contributed by atoms with E-state index in [0.717, 1.165) is 13.1 Å². The second kappa shape index (κ2) is 8.88. The van der Waals surface area contributed by atoms with Gasteiger partial charge in [0.05, 0.1) is 11.5 Å². The number of nitrogens with two attached hydrogens (primary N) is 1. The van der Waals surface area contributed by atoms with Gasteiger partial charge in [-0.05, 0) is 36.9 Å². The molecule has 3 rings (SSSR count). The van der Waals surface area contributed by atoms with Crippen LogP contribution in [0.15, 0.2) is 36.4 Å². The fourth-order valence-electron chi connectivity index (χ4n) is 3.95. The van der Waals surface area contributed by atoms with Gasteiger partial charge in [-0.25, -0.2) is 0 Å². The normalized spacial score (nSPS) is 16.2. The molecule has 166 valence electrons. The van der Waals surface area contributed by atoms with Gasteiger partial charge in [-0.1, -0.05) is 43.6 Å². The van der Waals surface area contributed by atoms with Crippen molar-refractivity contribution < 1.29 is 22.8 Å². The molecule has 1 atom stereocenters. The van der Waals surface area contributed by atoms with Crippen molar-refractivity contribution in [2.24, 2.45) is 5.73 Å². The number of rotatable bonds is 7. The van der Waals surface area contributed by atoms with E-state index in [0.29, 0.717) is 12.6 Å². The second-order valence-corrected chi connectivity index (χ2v) is 7.70. The van der Waals surface area contributed by atoms with Gasteiger partial charge < -0.3 is 15.5 Å². The first-order valence-electron chi connectivity index (χ1n) is 9.93. The van der Waals surface area contributed by atoms with Crippen molar-refractivity contribution in [2.45, 2.75) is 25.9 Å². The molecule has 0 spiro atoms. The van der Waals surface area contributed by atoms with Crippen LogP contribution >= 0.6 is 11.6 Å². The van der Waals surface area contributed by atoms with Gasteiger partial charge >= 0.3 is 6.18 Å². The Balaban J connectivity index is 2.23. The highest BCUT2D eigenvalue weighted by Crippen LogP contribution is 2.49. The lowest BCUT2D eigenvalue weighted by molar-refractivity contribution is -0.138. The zero-order valence-electron chi connectivity index (χ0n) is 17.2. The van der Waals surface area contributed by atoms with Gasteiger partial charge in [-0.15, -0.1) is 0 Å². The van der Waals surface area contributed by atoms with Gasteiger partial charge in [0.25, 0.3) is 0 Å². The van der Waals surface area contributed by atoms with E-state index in [4.69, 9.17) is 17.3 Å². The summed E-state index contributed by atoms with van der Waals surface area (Å²) >= 11 is 6.27. The third kappa shape index (κ3) is 4.41. The molecule has 5 nitrogen and oxygen atoms in total. The number of hydrogen-bond donors (Lipinski definition) is 1. The summed E-state index contributed by atoms with van der Waals surface area (Å²) in [5.41, 5.74) is 4.08. The van der Waals surface area contributed by atoms with Crippen LogP contribution in [-0.4, -0.2) is 42.9 Å². The number of fused-ring (bicyclic) bond motifs is 1. The van der Waals surface area contributed by atoms with E-state index in [2.05, 4.69) is 4.90 Å². The zero-order valence-corrected chi connectivity index (χ0v) is 17.9. The Bertz CT molecular complexity index is 1010. The van der Waals surface area contributed by atoms with Crippen LogP contribution in [0.3, 0.4) is 0 Å². The maximum atomic E-state index is 14.0. The van der Waals surface area contributed by atoms with Crippen molar-refractivity contribution >= 4 is 29.1 Å². The number of halogens is 4. The standard InChI is InChI=1S/C22H23ClF3N3O2/c1-3-28(4-2)9-10-29-17-12-13(20(27)30)11-15(22(24,25)26)19(17)18(21(29)31)14-7-5-6-8-16(14)23/h5-8,11-12,18H,3-4,9-10H2,1-2H3,(H2,27,30). The molecule has 2 N–H and O–H groups in total. The number of hydrogen-bond acceptors (Lipinski definition) is 3. The number of carbonyl (C=O) groups excluding carboxylic acids is 2. The molecule has 0 saturated carbocycles. The van der Waals surface area contributed by atoms with Crippen LogP contribution in [0.1, 0.15) is 46.8 Å². The van der Waals surface area contributed by atoms with Crippen LogP contribution in [-0.2, 0) is 11.0 Å². The van der Waals surface area contributed by atoms with Crippen LogP contribution in [0.4, 0.5) is 18.9 Å². The molecule has 0 radical (unpaired) electrons. The first kappa shape index (κ1) is 23.1. The number of nitrogens with zero attached hydrogens (tertiary/aromatic N) is 2. The Labute approximate surface area is 183 Å². The fraction of sp³-hybridized carbons (Fsp3) is 0.364. The predicted octanol–water partition coefficient (Wildman–Crippen LogP) is 4.28. The highest BCUT2D eigenvalue weighted by Gasteiger charge is 2.46. The number of likely N-dealkylation sites (N-methyl/N-ethyl adjacent to an activating group) is 1. The SMILES string of the molecule is CCN(CC)CCN1C(=O)C(c2ccccc2Cl)c2c1cc(C(N)=O)cc2C(F)(F)F. The number of alkyl halides is 3. The van der Waals surface area contributed by atoms with Crippen LogP contribution < -0.4 is 10.6 Å². The Morgan fingerprint density at radius 2 is 1.84 bits per heavy atom. The monoisotopic (exact) mass is 453 g/mol. The number of benzene rings is 2. The maximum absolute atomic E-state index is 14.0. The molecule has 2 aromatic rings. The first-order chi connectivity index (χ1) is 14.6. The Morgan fingerprint density at radius 1 is 1.19 bits per heavy atom. The second-order valence-electron chi connectivity index (χ2n) is 7.29. The van der Waals surface area contributed by atoms with Gasteiger partial charge in [0.2, 0.25) is 11.8 Å². The molecule has 0 bridgehead atoms. The van der Waals surface area contributed by atoms with Crippen LogP contribution in [0.2, 0.25) is 5.02 Å². The molecular weight excluding hydrogens is 431 g/mol. The number of anilines is 1. The minimum Gasteiger partial charge on any atom is -0.366 e. The van der Waals surface area contributed by atoms with Crippen molar-refractivity contribution in [2.75, 3.05) is 31.1 Å². The molecule has 1 aliphatic rings. The van der Waals surface area contributed by atoms with E-state index in [9.17, 15) is 22.8 Å². The summed E-state index contributed by atoms with van der Waals surface area (Å²) in [6, 6.07) is 8.33. The molecule has 1 unspecified atom stereocenters. The molecule has 0 saturated heterocycles. The van der Waals surface area contributed by atoms with E-state index >= 15 is 0 Å². The van der Waals surface area contributed by atoms with E-state index in [1.807, 2.05) is 13.8 Å². The molecule has 31 heavy (non-hydrogen) atoms. The first-order valence-corrected chi connectivity index (χ1v) is 10.3. The van der Waals surface area contributed by atoms with E-state index < -0.39 is 29.5 Å². The molecule has 0 aromatic heterocycles. The largest absolute Gasteiger partial charge is 0.416 e. The molecule has 2 amide bonds. The fourth-order valence-corrected chi connectivity index (χ4v) is 4.19. The smallest absolute Gasteiger partial charge is 0.366 e. The molecule has 9 heteroatoms. The Morgan fingerprint density at radius 3 is 2.39 bits per heavy atom. The highest BCUT2D eigenvalue weighted by atomic mass is 35.5. The van der Waals surface area contributed by atoms with Crippen molar-refractivity contribution in [3.8, 4) is 0 Å². The number of primary amides is 1. The summed E-state index contributed by atoms with van der Waals surface area (Å²) in [5.74, 6) is -2.73. The van der Waals surface area contributed by atoms with Gasteiger partial charge in [-0.2, -0.15) is 13.2 Å². The van der Waals surface area contributed by atoms with E-state index in [1.165, 1.54) is 17.0 Å². The average molecular weight is 454 g/mol. The third-order valence-corrected chi connectivity index (χ3v) is 5.94. The van der Waals surface area contributed by atoms with Gasteiger partial charge in [-0.3, -0.25) is 9.59 Å². The lowest BCUT2D eigenvalue weighted by Crippen LogP contribution is -2.37. The van der Waals surface area contributed by atoms with Crippen molar-refractivity contribution in [1.29, 1.82) is 0 Å². The third-order valence-electron chi connectivity index (χ3n) is 5.59. The Hall–Kier alpha value is -2.58. The quantitative estimate of drug-likeness (QED) is 0.680. The molecule has 1 aliphatic heterocycles. The average Bonchev–Trinajstić information content (AvgIpc) is 2.99. The summed E-state index contributed by atoms with van der Waals surface area (Å²) in [6.07, 6.45) is -4.79. The minimum atomic E-state index is -4.79. The van der Waals surface area contributed by atoms with Crippen molar-refractivity contribution in [3.63, 3.8) is 0 Å². The van der Waals surface area contributed by atoms with Crippen LogP contribution in [0, 0.1) is 0 Å². The van der Waals surface area contributed by atoms with Gasteiger partial charge in [0.1, 0.15) is 0 Å². The summed E-state index contributed by atoms with van der Waals surface area (Å²) in [5, 5.41) is 0.199. The van der Waals surface area contributed by atoms with Crippen LogP contribution in [0.25, 0.3) is 0 Å². The lowest BCUT2D eigenvalue weighted by atomic mass is 9.88. The number of amides is 2. The zero-order chi connectivity index (χ0) is 22.9. The molecule has 0 aliphatic carbocycles. The van der Waals surface area contributed by atoms with Crippen molar-refractivity contribution in [1.82, 2.24) is 4.90 Å². The molecule has 0 fully saturated rings. The maximum Gasteiger partial charge on any atom is 0.416 e. The Kier molecular flexibility index (Phi) is 6.62. The van der Waals surface area contributed by atoms with Gasteiger partial charge in [0, 0.05) is 34.9 Å². The molecule has 1 heterocycles. The highest BCUT2D eigenvalue weighted by molar-refractivity contribution is 6.32. The lowest BCUT2D eigenvalue weighted by Gasteiger charge is -2.24. The van der Waals surface area contributed by atoms with Gasteiger partial charge in [0.15, 0.2) is 0 Å². The molecule has 2 aromatic carbocycles. The van der Waals surface area contributed by atoms with E-state index in [-0.39, 0.29) is 33.9 Å². The topological polar surface area (TPSA) is 66.6 Å². The number of carbonyl (C=O) groups is 2. The summed E-state index contributed by atoms with van der Waals surface area (Å²) in [7, 11) is 0.